The summed E-state index contributed by atoms with van der Waals surface area (Å²) in [6.45, 7) is 1.86. The average Bonchev–Trinajstić information content (AvgIpc) is 3.16. The Morgan fingerprint density at radius 3 is 2.79 bits per heavy atom. The van der Waals surface area contributed by atoms with Crippen LogP contribution in [0.1, 0.15) is 21.9 Å². The van der Waals surface area contributed by atoms with Crippen molar-refractivity contribution in [1.29, 1.82) is 5.26 Å². The highest BCUT2D eigenvalue weighted by Crippen LogP contribution is 2.34. The first kappa shape index (κ1) is 17.3. The third-order valence-electron chi connectivity index (χ3n) is 4.01. The number of rotatable bonds is 4. The molecule has 8 heteroatoms. The van der Waals surface area contributed by atoms with E-state index in [1.54, 1.807) is 43.3 Å². The number of ether oxygens (including phenoxy) is 2. The van der Waals surface area contributed by atoms with Crippen LogP contribution in [0.2, 0.25) is 0 Å². The lowest BCUT2D eigenvalue weighted by Crippen LogP contribution is -2.15. The summed E-state index contributed by atoms with van der Waals surface area (Å²) in [6, 6.07) is 15.8. The molecule has 2 heterocycles. The van der Waals surface area contributed by atoms with Gasteiger partial charge < -0.3 is 20.1 Å². The van der Waals surface area contributed by atoms with Gasteiger partial charge >= 0.3 is 0 Å². The number of nitrogens with zero attached hydrogens (tertiary/aromatic N) is 3. The summed E-state index contributed by atoms with van der Waals surface area (Å²) in [5.74, 6) is 1.67. The highest BCUT2D eigenvalue weighted by molar-refractivity contribution is 6.03. The van der Waals surface area contributed by atoms with E-state index in [-0.39, 0.29) is 18.4 Å². The van der Waals surface area contributed by atoms with Crippen LogP contribution in [0.5, 0.6) is 11.5 Å². The van der Waals surface area contributed by atoms with Gasteiger partial charge in [-0.2, -0.15) is 5.26 Å². The molecule has 0 saturated heterocycles. The maximum absolute atomic E-state index is 12.6. The van der Waals surface area contributed by atoms with Crippen molar-refractivity contribution in [2.24, 2.45) is 0 Å². The maximum atomic E-state index is 12.6. The number of fused-ring (bicyclic) bond motifs is 1. The number of nitriles is 1. The number of hydrogen-bond acceptors (Lipinski definition) is 7. The number of amides is 1. The Balaban J connectivity index is 1.56. The zero-order valence-corrected chi connectivity index (χ0v) is 14.9. The van der Waals surface area contributed by atoms with Crippen molar-refractivity contribution in [2.45, 2.75) is 6.92 Å². The van der Waals surface area contributed by atoms with Crippen LogP contribution < -0.4 is 20.1 Å². The minimum Gasteiger partial charge on any atom is -0.454 e. The molecule has 28 heavy (non-hydrogen) atoms. The van der Waals surface area contributed by atoms with E-state index in [9.17, 15) is 10.1 Å². The lowest BCUT2D eigenvalue weighted by molar-refractivity contribution is 0.102. The van der Waals surface area contributed by atoms with Crippen molar-refractivity contribution in [3.05, 3.63) is 65.6 Å². The molecule has 0 bridgehead atoms. The fourth-order valence-electron chi connectivity index (χ4n) is 2.75. The Morgan fingerprint density at radius 1 is 1.11 bits per heavy atom. The molecular weight excluding hydrogens is 358 g/mol. The summed E-state index contributed by atoms with van der Waals surface area (Å²) in [5.41, 5.74) is 1.84. The van der Waals surface area contributed by atoms with Gasteiger partial charge in [0.15, 0.2) is 11.5 Å². The monoisotopic (exact) mass is 373 g/mol. The van der Waals surface area contributed by atoms with Crippen LogP contribution in [0.15, 0.2) is 48.5 Å². The first-order chi connectivity index (χ1) is 13.6. The minimum absolute atomic E-state index is 0.164. The summed E-state index contributed by atoms with van der Waals surface area (Å²) in [7, 11) is 0. The van der Waals surface area contributed by atoms with Gasteiger partial charge in [-0.3, -0.25) is 4.79 Å². The molecule has 1 amide bonds. The van der Waals surface area contributed by atoms with Crippen molar-refractivity contribution < 1.29 is 14.3 Å². The fourth-order valence-corrected chi connectivity index (χ4v) is 2.75. The molecule has 0 atom stereocenters. The van der Waals surface area contributed by atoms with E-state index in [1.165, 1.54) is 6.07 Å². The van der Waals surface area contributed by atoms with Crippen LogP contribution >= 0.6 is 0 Å². The number of nitrogens with one attached hydrogen (secondary N) is 2. The molecule has 2 aromatic carbocycles. The van der Waals surface area contributed by atoms with Crippen molar-refractivity contribution in [2.75, 3.05) is 17.4 Å². The van der Waals surface area contributed by atoms with Crippen LogP contribution in [0.3, 0.4) is 0 Å². The Morgan fingerprint density at radius 2 is 1.93 bits per heavy atom. The highest BCUT2D eigenvalue weighted by Gasteiger charge is 2.16. The van der Waals surface area contributed by atoms with Crippen LogP contribution in [-0.2, 0) is 0 Å². The zero-order chi connectivity index (χ0) is 19.5. The number of benzene rings is 2. The molecule has 8 nitrogen and oxygen atoms in total. The van der Waals surface area contributed by atoms with E-state index in [0.29, 0.717) is 40.1 Å². The van der Waals surface area contributed by atoms with Crippen molar-refractivity contribution in [3.63, 3.8) is 0 Å². The normalized spacial score (nSPS) is 11.6. The Bertz CT molecular complexity index is 1110. The van der Waals surface area contributed by atoms with E-state index >= 15 is 0 Å². The minimum atomic E-state index is -0.388. The molecule has 138 valence electrons. The lowest BCUT2D eigenvalue weighted by atomic mass is 10.2. The van der Waals surface area contributed by atoms with Gasteiger partial charge in [0, 0.05) is 17.8 Å². The first-order valence-corrected chi connectivity index (χ1v) is 8.45. The van der Waals surface area contributed by atoms with Crippen molar-refractivity contribution in [1.82, 2.24) is 9.97 Å². The third-order valence-corrected chi connectivity index (χ3v) is 4.01. The van der Waals surface area contributed by atoms with E-state index in [2.05, 4.69) is 26.7 Å². The number of hydrogen-bond donors (Lipinski definition) is 2. The first-order valence-electron chi connectivity index (χ1n) is 8.45. The maximum Gasteiger partial charge on any atom is 0.274 e. The van der Waals surface area contributed by atoms with Gasteiger partial charge in [-0.05, 0) is 31.2 Å². The molecule has 0 unspecified atom stereocenters. The number of para-hydroxylation sites is 1. The molecule has 0 fully saturated rings. The molecule has 0 spiro atoms. The van der Waals surface area contributed by atoms with Gasteiger partial charge in [0.2, 0.25) is 6.79 Å². The number of aryl methyl sites for hydroxylation is 1. The van der Waals surface area contributed by atoms with E-state index in [1.807, 2.05) is 6.07 Å². The second-order valence-corrected chi connectivity index (χ2v) is 5.99. The predicted octanol–water partition coefficient (Wildman–Crippen LogP) is 3.38. The molecule has 0 radical (unpaired) electrons. The summed E-state index contributed by atoms with van der Waals surface area (Å²) < 4.78 is 10.6. The Labute approximate surface area is 160 Å². The predicted molar refractivity (Wildman–Crippen MR) is 102 cm³/mol. The molecule has 1 aromatic heterocycles. The molecule has 0 aliphatic carbocycles. The van der Waals surface area contributed by atoms with Gasteiger partial charge in [0.05, 0.1) is 11.3 Å². The standard InChI is InChI=1S/C20H15N5O3/c1-12-22-16(9-19(23-12)25-15-5-3-2-4-13(15)10-21)20(26)24-14-6-7-17-18(8-14)28-11-27-17/h2-9H,11H2,1H3,(H,24,26)(H,22,23,25). The summed E-state index contributed by atoms with van der Waals surface area (Å²) >= 11 is 0. The van der Waals surface area contributed by atoms with Gasteiger partial charge in [0.1, 0.15) is 23.4 Å². The van der Waals surface area contributed by atoms with Crippen LogP contribution in [0.25, 0.3) is 0 Å². The quantitative estimate of drug-likeness (QED) is 0.721. The average molecular weight is 373 g/mol. The van der Waals surface area contributed by atoms with E-state index in [4.69, 9.17) is 9.47 Å². The van der Waals surface area contributed by atoms with Crippen molar-refractivity contribution in [3.8, 4) is 17.6 Å². The van der Waals surface area contributed by atoms with Gasteiger partial charge in [-0.1, -0.05) is 12.1 Å². The molecule has 4 rings (SSSR count). The topological polar surface area (TPSA) is 109 Å². The molecule has 3 aromatic rings. The second kappa shape index (κ2) is 7.25. The van der Waals surface area contributed by atoms with Crippen molar-refractivity contribution >= 4 is 23.1 Å². The number of anilines is 3. The van der Waals surface area contributed by atoms with Gasteiger partial charge in [0.25, 0.3) is 5.91 Å². The zero-order valence-electron chi connectivity index (χ0n) is 14.9. The lowest BCUT2D eigenvalue weighted by Gasteiger charge is -2.10. The highest BCUT2D eigenvalue weighted by atomic mass is 16.7. The Kier molecular flexibility index (Phi) is 4.48. The van der Waals surface area contributed by atoms with Crippen LogP contribution in [0, 0.1) is 18.3 Å². The molecule has 2 N–H and O–H groups in total. The number of carbonyl (C=O) groups is 1. The largest absolute Gasteiger partial charge is 0.454 e. The van der Waals surface area contributed by atoms with E-state index in [0.717, 1.165) is 0 Å². The van der Waals surface area contributed by atoms with Gasteiger partial charge in [-0.25, -0.2) is 9.97 Å². The molecule has 1 aliphatic rings. The fraction of sp³-hybridized carbons (Fsp3) is 0.100. The SMILES string of the molecule is Cc1nc(Nc2ccccc2C#N)cc(C(=O)Nc2ccc3c(c2)OCO3)n1. The summed E-state index contributed by atoms with van der Waals surface area (Å²) in [6.07, 6.45) is 0. The van der Waals surface area contributed by atoms with Crippen LogP contribution in [0.4, 0.5) is 17.2 Å². The second-order valence-electron chi connectivity index (χ2n) is 5.99. The number of aromatic nitrogens is 2. The smallest absolute Gasteiger partial charge is 0.274 e. The van der Waals surface area contributed by atoms with Gasteiger partial charge in [-0.15, -0.1) is 0 Å². The molecular formula is C20H15N5O3. The molecule has 1 aliphatic heterocycles. The van der Waals surface area contributed by atoms with E-state index < -0.39 is 0 Å². The Hall–Kier alpha value is -4.12. The van der Waals surface area contributed by atoms with Crippen LogP contribution in [-0.4, -0.2) is 22.7 Å². The summed E-state index contributed by atoms with van der Waals surface area (Å²) in [5, 5.41) is 15.1. The number of carbonyl (C=O) groups excluding carboxylic acids is 1. The molecule has 0 saturated carbocycles. The summed E-state index contributed by atoms with van der Waals surface area (Å²) in [4.78, 5) is 21.1. The third kappa shape index (κ3) is 3.54.